The zero-order chi connectivity index (χ0) is 26.4. The minimum Gasteiger partial charge on any atom is -0.463 e. The molecule has 37 heavy (non-hydrogen) atoms. The molecule has 3 aromatic rings. The van der Waals surface area contributed by atoms with Crippen LogP contribution >= 0.6 is 0 Å². The molecule has 1 atom stereocenters. The van der Waals surface area contributed by atoms with Crippen LogP contribution in [0.5, 0.6) is 0 Å². The van der Waals surface area contributed by atoms with Gasteiger partial charge in [0.25, 0.3) is 5.56 Å². The number of aliphatic hydroxyl groups is 2. The first kappa shape index (κ1) is 26.1. The number of anilines is 1. The van der Waals surface area contributed by atoms with E-state index in [2.05, 4.69) is 15.0 Å². The number of aliphatic hydroxyl groups excluding tert-OH is 2. The number of carbonyl (C=O) groups is 2. The van der Waals surface area contributed by atoms with E-state index in [1.54, 1.807) is 4.57 Å². The second kappa shape index (κ2) is 11.4. The molecule has 0 aliphatic carbocycles. The number of fused-ring (bicyclic) bond motifs is 1. The smallest absolute Gasteiger partial charge is 0.410 e. The fraction of sp³-hybridized carbons (Fsp3) is 0.458. The summed E-state index contributed by atoms with van der Waals surface area (Å²) in [7, 11) is 0. The molecule has 0 saturated carbocycles. The van der Waals surface area contributed by atoms with Gasteiger partial charge in [-0.1, -0.05) is 30.3 Å². The van der Waals surface area contributed by atoms with Gasteiger partial charge in [0.05, 0.1) is 25.0 Å². The van der Waals surface area contributed by atoms with Crippen molar-refractivity contribution in [2.24, 2.45) is 5.41 Å². The van der Waals surface area contributed by atoms with Gasteiger partial charge in [-0.2, -0.15) is 4.98 Å². The number of nitrogens with zero attached hydrogens (tertiary/aromatic N) is 4. The van der Waals surface area contributed by atoms with Gasteiger partial charge in [0.1, 0.15) is 19.3 Å². The molecule has 1 saturated heterocycles. The van der Waals surface area contributed by atoms with Gasteiger partial charge in [0, 0.05) is 13.1 Å². The summed E-state index contributed by atoms with van der Waals surface area (Å²) in [6, 6.07) is 8.41. The Hall–Kier alpha value is -3.97. The van der Waals surface area contributed by atoms with Crippen LogP contribution in [0.15, 0.2) is 41.5 Å². The Bertz CT molecular complexity index is 1290. The Morgan fingerprint density at radius 2 is 1.95 bits per heavy atom. The number of likely N-dealkylation sites (tertiary alicyclic amines) is 1. The summed E-state index contributed by atoms with van der Waals surface area (Å²) < 4.78 is 12.4. The number of imidazole rings is 1. The van der Waals surface area contributed by atoms with Gasteiger partial charge in [-0.15, -0.1) is 0 Å². The second-order valence-corrected chi connectivity index (χ2v) is 9.13. The number of carbonyl (C=O) groups excluding carboxylic acids is 2. The van der Waals surface area contributed by atoms with E-state index in [1.165, 1.54) is 11.2 Å². The maximum absolute atomic E-state index is 12.9. The molecule has 1 aliphatic heterocycles. The maximum atomic E-state index is 12.9. The van der Waals surface area contributed by atoms with Crippen LogP contribution < -0.4 is 11.3 Å². The number of hydrogen-bond donors (Lipinski definition) is 4. The molecule has 0 bridgehead atoms. The molecule has 1 aromatic carbocycles. The fourth-order valence-corrected chi connectivity index (χ4v) is 4.22. The van der Waals surface area contributed by atoms with Crippen LogP contribution in [0.1, 0.15) is 24.8 Å². The molecule has 0 spiro atoms. The molecule has 13 nitrogen and oxygen atoms in total. The van der Waals surface area contributed by atoms with Crippen molar-refractivity contribution >= 4 is 29.2 Å². The molecule has 4 rings (SSSR count). The summed E-state index contributed by atoms with van der Waals surface area (Å²) in [4.78, 5) is 49.3. The average molecular weight is 515 g/mol. The predicted molar refractivity (Wildman–Crippen MR) is 131 cm³/mol. The monoisotopic (exact) mass is 514 g/mol. The normalized spacial score (nSPS) is 15.7. The summed E-state index contributed by atoms with van der Waals surface area (Å²) in [6.07, 6.45) is 2.03. The number of aryl methyl sites for hydroxylation is 1. The number of nitrogen functional groups attached to an aromatic ring is 1. The molecule has 3 heterocycles. The third kappa shape index (κ3) is 5.89. The number of H-pyrrole nitrogens is 1. The van der Waals surface area contributed by atoms with Crippen LogP contribution in [0, 0.1) is 5.41 Å². The maximum Gasteiger partial charge on any atom is 0.410 e. The lowest BCUT2D eigenvalue weighted by atomic mass is 9.87. The van der Waals surface area contributed by atoms with Gasteiger partial charge >= 0.3 is 12.1 Å². The van der Waals surface area contributed by atoms with E-state index in [4.69, 9.17) is 15.2 Å². The Labute approximate surface area is 211 Å². The van der Waals surface area contributed by atoms with Crippen LogP contribution in [-0.4, -0.2) is 79.1 Å². The van der Waals surface area contributed by atoms with Crippen molar-refractivity contribution in [2.75, 3.05) is 32.1 Å². The van der Waals surface area contributed by atoms with E-state index >= 15 is 0 Å². The molecule has 198 valence electrons. The van der Waals surface area contributed by atoms with Crippen molar-refractivity contribution < 1.29 is 29.3 Å². The van der Waals surface area contributed by atoms with Crippen LogP contribution in [0.4, 0.5) is 10.7 Å². The fourth-order valence-electron chi connectivity index (χ4n) is 4.22. The van der Waals surface area contributed by atoms with E-state index in [1.807, 2.05) is 30.3 Å². The number of hydrogen-bond acceptors (Lipinski definition) is 10. The van der Waals surface area contributed by atoms with Gasteiger partial charge < -0.3 is 30.0 Å². The average Bonchev–Trinajstić information content (AvgIpc) is 3.56. The Kier molecular flexibility index (Phi) is 8.04. The van der Waals surface area contributed by atoms with Gasteiger partial charge in [-0.25, -0.2) is 14.6 Å². The largest absolute Gasteiger partial charge is 0.463 e. The van der Waals surface area contributed by atoms with Crippen molar-refractivity contribution in [1.82, 2.24) is 24.4 Å². The van der Waals surface area contributed by atoms with Crippen molar-refractivity contribution in [1.29, 1.82) is 0 Å². The van der Waals surface area contributed by atoms with E-state index in [0.29, 0.717) is 19.4 Å². The highest BCUT2D eigenvalue weighted by atomic mass is 16.6. The lowest BCUT2D eigenvalue weighted by Crippen LogP contribution is -2.44. The number of nitrogens with one attached hydrogen (secondary N) is 1. The number of aromatic amines is 1. The van der Waals surface area contributed by atoms with Gasteiger partial charge in [0.15, 0.2) is 11.2 Å². The number of benzene rings is 1. The standard InChI is InChI=1S/C24H30N6O7/c25-22-27-19-18(20(33)28-22)26-15-29(19)10-8-24(12-31,13-32)14-37-21(34)17-7-4-9-30(17)23(35)36-11-16-5-2-1-3-6-16/h1-3,5-6,15,17,31-32H,4,7-14H2,(H3,25,27,28,33). The Morgan fingerprint density at radius 3 is 2.68 bits per heavy atom. The summed E-state index contributed by atoms with van der Waals surface area (Å²) in [5.74, 6) is -0.693. The van der Waals surface area contributed by atoms with Crippen LogP contribution in [0.25, 0.3) is 11.2 Å². The number of rotatable bonds is 10. The molecule has 1 amide bonds. The quantitative estimate of drug-likeness (QED) is 0.276. The highest BCUT2D eigenvalue weighted by molar-refractivity contribution is 5.82. The topological polar surface area (TPSA) is 186 Å². The van der Waals surface area contributed by atoms with E-state index in [-0.39, 0.29) is 43.3 Å². The van der Waals surface area contributed by atoms with E-state index in [0.717, 1.165) is 5.56 Å². The molecule has 0 radical (unpaired) electrons. The first-order valence-corrected chi connectivity index (χ1v) is 11.9. The molecule has 1 fully saturated rings. The van der Waals surface area contributed by atoms with Crippen molar-refractivity contribution in [3.05, 3.63) is 52.6 Å². The highest BCUT2D eigenvalue weighted by Crippen LogP contribution is 2.26. The molecule has 13 heteroatoms. The Morgan fingerprint density at radius 1 is 1.19 bits per heavy atom. The minimum absolute atomic E-state index is 0.0628. The molecular formula is C24H30N6O7. The number of aromatic nitrogens is 4. The van der Waals surface area contributed by atoms with Crippen molar-refractivity contribution in [3.63, 3.8) is 0 Å². The Balaban J connectivity index is 1.36. The first-order valence-electron chi connectivity index (χ1n) is 11.9. The summed E-state index contributed by atoms with van der Waals surface area (Å²) in [5, 5.41) is 20.1. The van der Waals surface area contributed by atoms with Crippen LogP contribution in [0.3, 0.4) is 0 Å². The zero-order valence-electron chi connectivity index (χ0n) is 20.2. The SMILES string of the molecule is Nc1nc2c(ncn2CCC(CO)(CO)COC(=O)C2CCCN2C(=O)OCc2ccccc2)c(=O)[nH]1. The molecule has 2 aromatic heterocycles. The zero-order valence-corrected chi connectivity index (χ0v) is 20.2. The first-order chi connectivity index (χ1) is 17.9. The van der Waals surface area contributed by atoms with Crippen LogP contribution in [-0.2, 0) is 27.4 Å². The van der Waals surface area contributed by atoms with Gasteiger partial charge in [0.2, 0.25) is 5.95 Å². The summed E-state index contributed by atoms with van der Waals surface area (Å²) >= 11 is 0. The van der Waals surface area contributed by atoms with E-state index in [9.17, 15) is 24.6 Å². The predicted octanol–water partition coefficient (Wildman–Crippen LogP) is 0.407. The number of esters is 1. The summed E-state index contributed by atoms with van der Waals surface area (Å²) in [6.45, 7) is -0.537. The molecule has 1 aliphatic rings. The minimum atomic E-state index is -1.17. The van der Waals surface area contributed by atoms with Gasteiger partial charge in [-0.05, 0) is 24.8 Å². The number of nitrogens with two attached hydrogens (primary N) is 1. The van der Waals surface area contributed by atoms with Crippen LogP contribution in [0.2, 0.25) is 0 Å². The second-order valence-electron chi connectivity index (χ2n) is 9.13. The van der Waals surface area contributed by atoms with Crippen molar-refractivity contribution in [3.8, 4) is 0 Å². The number of ether oxygens (including phenoxy) is 2. The lowest BCUT2D eigenvalue weighted by molar-refractivity contribution is -0.154. The van der Waals surface area contributed by atoms with Crippen molar-refractivity contribution in [2.45, 2.75) is 38.5 Å². The lowest BCUT2D eigenvalue weighted by Gasteiger charge is -2.30. The third-order valence-corrected chi connectivity index (χ3v) is 6.53. The molecule has 5 N–H and O–H groups in total. The van der Waals surface area contributed by atoms with Gasteiger partial charge in [-0.3, -0.25) is 14.7 Å². The summed E-state index contributed by atoms with van der Waals surface area (Å²) in [5.41, 5.74) is 5.18. The number of amides is 1. The van der Waals surface area contributed by atoms with E-state index < -0.39 is 42.3 Å². The third-order valence-electron chi connectivity index (χ3n) is 6.53. The molecular weight excluding hydrogens is 484 g/mol. The molecule has 1 unspecified atom stereocenters. The highest BCUT2D eigenvalue weighted by Gasteiger charge is 2.38.